The molecule has 0 spiro atoms. The van der Waals surface area contributed by atoms with Crippen molar-refractivity contribution < 1.29 is 23.8 Å². The number of likely N-dealkylation sites (tertiary alicyclic amines) is 1. The monoisotopic (exact) mass is 584 g/mol. The van der Waals surface area contributed by atoms with Crippen molar-refractivity contribution in [3.8, 4) is 11.5 Å². The number of nitrogens with zero attached hydrogens (tertiary/aromatic N) is 1. The molecule has 0 saturated carbocycles. The number of phenols is 1. The van der Waals surface area contributed by atoms with E-state index in [0.29, 0.717) is 18.7 Å². The Bertz CT molecular complexity index is 1500. The number of nitrogens with one attached hydrogen (secondary N) is 1. The number of aromatic hydroxyl groups is 1. The van der Waals surface area contributed by atoms with E-state index in [0.717, 1.165) is 90.0 Å². The zero-order valence-corrected chi connectivity index (χ0v) is 25.1. The van der Waals surface area contributed by atoms with Gasteiger partial charge in [-0.05, 0) is 110 Å². The van der Waals surface area contributed by atoms with E-state index in [1.54, 1.807) is 0 Å². The summed E-state index contributed by atoms with van der Waals surface area (Å²) in [5, 5.41) is 13.9. The number of alkyl halides is 1. The number of ether oxygens (including phenoxy) is 2. The van der Waals surface area contributed by atoms with Gasteiger partial charge in [0.1, 0.15) is 17.6 Å². The van der Waals surface area contributed by atoms with Crippen LogP contribution in [0.5, 0.6) is 11.5 Å². The van der Waals surface area contributed by atoms with Gasteiger partial charge in [0, 0.05) is 30.9 Å². The van der Waals surface area contributed by atoms with Crippen molar-refractivity contribution in [3.05, 3.63) is 101 Å². The second-order valence-corrected chi connectivity index (χ2v) is 11.3. The van der Waals surface area contributed by atoms with Crippen LogP contribution >= 0.6 is 0 Å². The van der Waals surface area contributed by atoms with E-state index in [4.69, 9.17) is 9.47 Å². The van der Waals surface area contributed by atoms with E-state index in [2.05, 4.69) is 35.0 Å². The molecule has 1 aliphatic heterocycles. The lowest BCUT2D eigenvalue weighted by atomic mass is 9.87. The van der Waals surface area contributed by atoms with Crippen LogP contribution in [-0.2, 0) is 16.0 Å². The molecule has 6 nitrogen and oxygen atoms in total. The lowest BCUT2D eigenvalue weighted by Crippen LogP contribution is -2.26. The fourth-order valence-corrected chi connectivity index (χ4v) is 6.07. The molecule has 2 N–H and O–H groups in total. The van der Waals surface area contributed by atoms with Crippen LogP contribution in [-0.4, -0.2) is 54.9 Å². The van der Waals surface area contributed by atoms with Crippen LogP contribution < -0.4 is 10.1 Å². The Kier molecular flexibility index (Phi) is 9.82. The molecule has 5 rings (SSSR count). The number of fused-ring (bicyclic) bond motifs is 1. The van der Waals surface area contributed by atoms with Gasteiger partial charge in [-0.3, -0.25) is 14.1 Å². The highest BCUT2D eigenvalue weighted by molar-refractivity contribution is 6.03. The summed E-state index contributed by atoms with van der Waals surface area (Å²) in [7, 11) is 0. The molecule has 0 bridgehead atoms. The summed E-state index contributed by atoms with van der Waals surface area (Å²) in [6.07, 6.45) is 4.10. The number of aryl methyl sites for hydroxylation is 2. The maximum atomic E-state index is 12.6. The highest BCUT2D eigenvalue weighted by Gasteiger charge is 2.25. The first-order valence-electron chi connectivity index (χ1n) is 15.2. The van der Waals surface area contributed by atoms with Crippen LogP contribution in [0, 0.1) is 6.92 Å². The minimum absolute atomic E-state index is 0.0857. The molecule has 3 aromatic carbocycles. The SMILES string of the molecule is C=C(OCC)C(=O)Nc1ccc2c(c1)CCCC(c1ccc(C)cc1O)=C2c1ccc(OC2CCN(CCCF)C2)cc1. The molecule has 1 unspecified atom stereocenters. The zero-order chi connectivity index (χ0) is 30.3. The van der Waals surface area contributed by atoms with Crippen LogP contribution in [0.3, 0.4) is 0 Å². The van der Waals surface area contributed by atoms with Crippen molar-refractivity contribution in [1.29, 1.82) is 0 Å². The minimum Gasteiger partial charge on any atom is -0.507 e. The largest absolute Gasteiger partial charge is 0.507 e. The van der Waals surface area contributed by atoms with Crippen molar-refractivity contribution in [2.24, 2.45) is 0 Å². The molecule has 0 radical (unpaired) electrons. The third-order valence-corrected chi connectivity index (χ3v) is 8.14. The van der Waals surface area contributed by atoms with Crippen molar-refractivity contribution in [3.63, 3.8) is 0 Å². The van der Waals surface area contributed by atoms with Gasteiger partial charge in [-0.15, -0.1) is 0 Å². The third kappa shape index (κ3) is 7.28. The molecular weight excluding hydrogens is 543 g/mol. The third-order valence-electron chi connectivity index (χ3n) is 8.14. The number of allylic oxidation sites excluding steroid dienone is 1. The molecular formula is C36H41FN2O4. The Balaban J connectivity index is 1.48. The van der Waals surface area contributed by atoms with Crippen LogP contribution in [0.25, 0.3) is 11.1 Å². The van der Waals surface area contributed by atoms with E-state index in [-0.39, 0.29) is 30.2 Å². The summed E-state index contributed by atoms with van der Waals surface area (Å²) in [6, 6.07) is 20.0. The second kappa shape index (κ2) is 13.9. The zero-order valence-electron chi connectivity index (χ0n) is 25.1. The van der Waals surface area contributed by atoms with Gasteiger partial charge >= 0.3 is 0 Å². The average molecular weight is 585 g/mol. The van der Waals surface area contributed by atoms with Crippen LogP contribution in [0.15, 0.2) is 73.0 Å². The van der Waals surface area contributed by atoms with Gasteiger partial charge in [0.15, 0.2) is 5.76 Å². The van der Waals surface area contributed by atoms with Gasteiger partial charge in [0.05, 0.1) is 13.3 Å². The smallest absolute Gasteiger partial charge is 0.290 e. The Morgan fingerprint density at radius 2 is 1.88 bits per heavy atom. The standard InChI is InChI=1S/C36H41FN2O4/c1-4-42-25(3)36(41)38-28-12-16-31-27(22-28)7-5-8-33(32-15-9-24(2)21-34(32)40)35(31)26-10-13-29(14-11-26)43-30-17-20-39(23-30)19-6-18-37/h9-16,21-22,30,40H,3-8,17-20,23H2,1-2H3,(H,38,41). The summed E-state index contributed by atoms with van der Waals surface area (Å²) in [6.45, 7) is 10.1. The van der Waals surface area contributed by atoms with Crippen molar-refractivity contribution >= 4 is 22.7 Å². The number of rotatable bonds is 11. The van der Waals surface area contributed by atoms with Gasteiger partial charge in [0.2, 0.25) is 0 Å². The average Bonchev–Trinajstić information content (AvgIpc) is 3.35. The topological polar surface area (TPSA) is 71.0 Å². The van der Waals surface area contributed by atoms with E-state index in [1.807, 2.05) is 56.3 Å². The summed E-state index contributed by atoms with van der Waals surface area (Å²) >= 11 is 0. The minimum atomic E-state index is -0.361. The summed E-state index contributed by atoms with van der Waals surface area (Å²) < 4.78 is 24.2. The van der Waals surface area contributed by atoms with Crippen molar-refractivity contribution in [2.45, 2.75) is 52.1 Å². The first kappa shape index (κ1) is 30.4. The van der Waals surface area contributed by atoms with Crippen LogP contribution in [0.4, 0.5) is 10.1 Å². The molecule has 0 aromatic heterocycles. The molecule has 3 aromatic rings. The highest BCUT2D eigenvalue weighted by Crippen LogP contribution is 2.43. The molecule has 1 saturated heterocycles. The molecule has 1 amide bonds. The fraction of sp³-hybridized carbons (Fsp3) is 0.361. The predicted octanol–water partition coefficient (Wildman–Crippen LogP) is 7.30. The van der Waals surface area contributed by atoms with Gasteiger partial charge in [0.25, 0.3) is 5.91 Å². The summed E-state index contributed by atoms with van der Waals surface area (Å²) in [5.74, 6) is 0.804. The first-order chi connectivity index (χ1) is 20.9. The Hall–Kier alpha value is -4.10. The van der Waals surface area contributed by atoms with Gasteiger partial charge in [-0.2, -0.15) is 0 Å². The molecule has 226 valence electrons. The number of halogens is 1. The van der Waals surface area contributed by atoms with Gasteiger partial charge in [-0.1, -0.05) is 36.9 Å². The molecule has 7 heteroatoms. The van der Waals surface area contributed by atoms with E-state index in [9.17, 15) is 14.3 Å². The quantitative estimate of drug-likeness (QED) is 0.183. The summed E-state index contributed by atoms with van der Waals surface area (Å²) in [5.41, 5.74) is 7.90. The number of hydrogen-bond donors (Lipinski definition) is 2. The van der Waals surface area contributed by atoms with Crippen LogP contribution in [0.1, 0.15) is 60.4 Å². The molecule has 1 fully saturated rings. The number of anilines is 1. The lowest BCUT2D eigenvalue weighted by Gasteiger charge is -2.19. The number of hydrogen-bond acceptors (Lipinski definition) is 5. The number of benzene rings is 3. The second-order valence-electron chi connectivity index (χ2n) is 11.3. The Morgan fingerprint density at radius 3 is 2.63 bits per heavy atom. The molecule has 43 heavy (non-hydrogen) atoms. The van der Waals surface area contributed by atoms with E-state index in [1.165, 1.54) is 0 Å². The first-order valence-corrected chi connectivity index (χ1v) is 15.2. The van der Waals surface area contributed by atoms with Crippen LogP contribution in [0.2, 0.25) is 0 Å². The normalized spacial score (nSPS) is 16.9. The molecule has 1 atom stereocenters. The molecule has 1 aliphatic carbocycles. The number of phenolic OH excluding ortho intramolecular Hbond substituents is 1. The van der Waals surface area contributed by atoms with Crippen molar-refractivity contribution in [1.82, 2.24) is 4.90 Å². The fourth-order valence-electron chi connectivity index (χ4n) is 6.07. The van der Waals surface area contributed by atoms with E-state index >= 15 is 0 Å². The molecule has 1 heterocycles. The predicted molar refractivity (Wildman–Crippen MR) is 170 cm³/mol. The Morgan fingerprint density at radius 1 is 1.09 bits per heavy atom. The van der Waals surface area contributed by atoms with Gasteiger partial charge in [-0.25, -0.2) is 0 Å². The number of amides is 1. The number of carbonyl (C=O) groups is 1. The highest BCUT2D eigenvalue weighted by atomic mass is 19.1. The lowest BCUT2D eigenvalue weighted by molar-refractivity contribution is -0.116. The van der Waals surface area contributed by atoms with Crippen molar-refractivity contribution in [2.75, 3.05) is 38.2 Å². The maximum Gasteiger partial charge on any atom is 0.290 e. The summed E-state index contributed by atoms with van der Waals surface area (Å²) in [4.78, 5) is 14.8. The van der Waals surface area contributed by atoms with Gasteiger partial charge < -0.3 is 19.9 Å². The number of carbonyl (C=O) groups excluding carboxylic acids is 1. The maximum absolute atomic E-state index is 12.6. The van der Waals surface area contributed by atoms with E-state index < -0.39 is 0 Å². The Labute approximate surface area is 253 Å². The molecule has 2 aliphatic rings.